The molecule has 4 heteroatoms. The minimum absolute atomic E-state index is 0.0914. The van der Waals surface area contributed by atoms with Crippen molar-refractivity contribution in [1.29, 1.82) is 0 Å². The molecule has 0 radical (unpaired) electrons. The molecule has 1 aliphatic rings. The molecule has 2 aromatic rings. The Morgan fingerprint density at radius 3 is 2.61 bits per heavy atom. The summed E-state index contributed by atoms with van der Waals surface area (Å²) in [6, 6.07) is 14.3. The lowest BCUT2D eigenvalue weighted by Gasteiger charge is -2.32. The van der Waals surface area contributed by atoms with Gasteiger partial charge in [-0.2, -0.15) is 0 Å². The number of carbonyl (C=O) groups is 1. The third-order valence-electron chi connectivity index (χ3n) is 4.06. The molecule has 1 aliphatic heterocycles. The first-order valence-electron chi connectivity index (χ1n) is 8.00. The Morgan fingerprint density at radius 1 is 1.13 bits per heavy atom. The van der Waals surface area contributed by atoms with E-state index in [1.807, 2.05) is 59.6 Å². The summed E-state index contributed by atoms with van der Waals surface area (Å²) in [7, 11) is 0. The Morgan fingerprint density at radius 2 is 1.91 bits per heavy atom. The summed E-state index contributed by atoms with van der Waals surface area (Å²) in [4.78, 5) is 18.3. The Kier molecular flexibility index (Phi) is 5.04. The van der Waals surface area contributed by atoms with Crippen LogP contribution in [0.1, 0.15) is 18.4 Å². The molecule has 1 fully saturated rings. The van der Waals surface area contributed by atoms with Crippen LogP contribution in [0.2, 0.25) is 0 Å². The fourth-order valence-electron chi connectivity index (χ4n) is 2.77. The van der Waals surface area contributed by atoms with Crippen LogP contribution >= 0.6 is 0 Å². The van der Waals surface area contributed by atoms with Gasteiger partial charge >= 0.3 is 0 Å². The van der Waals surface area contributed by atoms with Gasteiger partial charge in [0.2, 0.25) is 5.91 Å². The second-order valence-corrected chi connectivity index (χ2v) is 5.73. The third-order valence-corrected chi connectivity index (χ3v) is 4.06. The smallest absolute Gasteiger partial charge is 0.246 e. The average Bonchev–Trinajstić information content (AvgIpc) is 2.62. The quantitative estimate of drug-likeness (QED) is 0.882. The molecule has 0 atom stereocenters. The van der Waals surface area contributed by atoms with Crippen molar-refractivity contribution < 1.29 is 4.79 Å². The number of aromatic nitrogens is 1. The summed E-state index contributed by atoms with van der Waals surface area (Å²) in [6.45, 7) is 1.58. The lowest BCUT2D eigenvalue weighted by molar-refractivity contribution is -0.126. The predicted molar refractivity (Wildman–Crippen MR) is 92.9 cm³/mol. The number of anilines is 1. The number of piperidine rings is 1. The van der Waals surface area contributed by atoms with Crippen LogP contribution in [-0.4, -0.2) is 34.9 Å². The summed E-state index contributed by atoms with van der Waals surface area (Å²) in [5, 5.41) is 3.48. The molecule has 4 nitrogen and oxygen atoms in total. The van der Waals surface area contributed by atoms with E-state index in [-0.39, 0.29) is 5.91 Å². The monoisotopic (exact) mass is 307 g/mol. The molecule has 3 rings (SSSR count). The van der Waals surface area contributed by atoms with Crippen molar-refractivity contribution in [2.75, 3.05) is 18.4 Å². The zero-order valence-electron chi connectivity index (χ0n) is 13.1. The van der Waals surface area contributed by atoms with E-state index < -0.39 is 0 Å². The molecule has 1 N–H and O–H groups in total. The molecule has 0 saturated carbocycles. The van der Waals surface area contributed by atoms with E-state index in [2.05, 4.69) is 10.3 Å². The summed E-state index contributed by atoms with van der Waals surface area (Å²) < 4.78 is 0. The van der Waals surface area contributed by atoms with Crippen molar-refractivity contribution in [1.82, 2.24) is 9.88 Å². The molecule has 2 heterocycles. The van der Waals surface area contributed by atoms with Gasteiger partial charge in [0.25, 0.3) is 0 Å². The molecule has 0 unspecified atom stereocenters. The molecule has 1 aromatic carbocycles. The fourth-order valence-corrected chi connectivity index (χ4v) is 2.77. The highest BCUT2D eigenvalue weighted by Crippen LogP contribution is 2.16. The first-order chi connectivity index (χ1) is 11.3. The highest BCUT2D eigenvalue weighted by atomic mass is 16.2. The van der Waals surface area contributed by atoms with Gasteiger partial charge < -0.3 is 10.2 Å². The number of rotatable bonds is 4. The van der Waals surface area contributed by atoms with Crippen LogP contribution in [0.5, 0.6) is 0 Å². The molecule has 0 aliphatic carbocycles. The van der Waals surface area contributed by atoms with E-state index in [9.17, 15) is 4.79 Å². The minimum Gasteiger partial charge on any atom is -0.381 e. The van der Waals surface area contributed by atoms with E-state index in [0.717, 1.165) is 37.2 Å². The first kappa shape index (κ1) is 15.3. The van der Waals surface area contributed by atoms with Gasteiger partial charge in [-0.1, -0.05) is 30.3 Å². The number of hydrogen-bond acceptors (Lipinski definition) is 3. The van der Waals surface area contributed by atoms with Gasteiger partial charge in [-0.3, -0.25) is 9.78 Å². The van der Waals surface area contributed by atoms with Gasteiger partial charge in [0.05, 0.1) is 5.69 Å². The second-order valence-electron chi connectivity index (χ2n) is 5.73. The lowest BCUT2D eigenvalue weighted by Crippen LogP contribution is -2.41. The van der Waals surface area contributed by atoms with Crippen LogP contribution in [0.25, 0.3) is 6.08 Å². The molecular formula is C19H21N3O. The van der Waals surface area contributed by atoms with E-state index in [1.54, 1.807) is 12.3 Å². The third kappa shape index (κ3) is 4.42. The van der Waals surface area contributed by atoms with Gasteiger partial charge in [-0.25, -0.2) is 0 Å². The maximum absolute atomic E-state index is 12.2. The number of benzene rings is 1. The molecular weight excluding hydrogens is 286 g/mol. The van der Waals surface area contributed by atoms with E-state index in [1.165, 1.54) is 0 Å². The minimum atomic E-state index is 0.0914. The van der Waals surface area contributed by atoms with Gasteiger partial charge in [-0.15, -0.1) is 0 Å². The van der Waals surface area contributed by atoms with E-state index in [4.69, 9.17) is 0 Å². The molecule has 0 spiro atoms. The maximum atomic E-state index is 12.2. The number of carbonyl (C=O) groups excluding carboxylic acids is 1. The lowest BCUT2D eigenvalue weighted by atomic mass is 10.0. The van der Waals surface area contributed by atoms with Gasteiger partial charge in [0.15, 0.2) is 0 Å². The van der Waals surface area contributed by atoms with Crippen LogP contribution in [-0.2, 0) is 4.79 Å². The Labute approximate surface area is 136 Å². The number of hydrogen-bond donors (Lipinski definition) is 1. The summed E-state index contributed by atoms with van der Waals surface area (Å²) in [6.07, 6.45) is 9.07. The first-order valence-corrected chi connectivity index (χ1v) is 8.00. The number of pyridine rings is 1. The van der Waals surface area contributed by atoms with Crippen molar-refractivity contribution in [2.45, 2.75) is 18.9 Å². The van der Waals surface area contributed by atoms with Crippen LogP contribution in [0.4, 0.5) is 5.69 Å². The largest absolute Gasteiger partial charge is 0.381 e. The zero-order valence-corrected chi connectivity index (χ0v) is 13.1. The highest BCUT2D eigenvalue weighted by molar-refractivity contribution is 5.91. The molecule has 23 heavy (non-hydrogen) atoms. The van der Waals surface area contributed by atoms with Gasteiger partial charge in [0.1, 0.15) is 0 Å². The van der Waals surface area contributed by atoms with E-state index in [0.29, 0.717) is 6.04 Å². The number of amides is 1. The maximum Gasteiger partial charge on any atom is 0.246 e. The summed E-state index contributed by atoms with van der Waals surface area (Å²) >= 11 is 0. The standard InChI is InChI=1S/C19H21N3O/c23-19(9-8-16-5-2-1-3-6-16)22-13-10-17(11-14-22)21-18-7-4-12-20-15-18/h1-9,12,15,17,21H,10-11,13-14H2/b9-8-. The molecule has 0 bridgehead atoms. The normalized spacial score (nSPS) is 15.7. The van der Waals surface area contributed by atoms with Crippen molar-refractivity contribution >= 4 is 17.7 Å². The Hall–Kier alpha value is -2.62. The fraction of sp³-hybridized carbons (Fsp3) is 0.263. The predicted octanol–water partition coefficient (Wildman–Crippen LogP) is 3.20. The zero-order chi connectivity index (χ0) is 15.9. The second kappa shape index (κ2) is 7.58. The van der Waals surface area contributed by atoms with Crippen molar-refractivity contribution in [3.05, 3.63) is 66.5 Å². The van der Waals surface area contributed by atoms with Crippen LogP contribution in [0, 0.1) is 0 Å². The van der Waals surface area contributed by atoms with Crippen molar-refractivity contribution in [2.24, 2.45) is 0 Å². The van der Waals surface area contributed by atoms with Gasteiger partial charge in [0, 0.05) is 37.6 Å². The summed E-state index contributed by atoms with van der Waals surface area (Å²) in [5.41, 5.74) is 2.09. The SMILES string of the molecule is O=C(/C=C\c1ccccc1)N1CCC(Nc2cccnc2)CC1. The van der Waals surface area contributed by atoms with E-state index >= 15 is 0 Å². The topological polar surface area (TPSA) is 45.2 Å². The van der Waals surface area contributed by atoms with Gasteiger partial charge in [-0.05, 0) is 36.6 Å². The summed E-state index contributed by atoms with van der Waals surface area (Å²) in [5.74, 6) is 0.0914. The molecule has 1 saturated heterocycles. The Bertz CT molecular complexity index is 647. The molecule has 1 amide bonds. The van der Waals surface area contributed by atoms with Crippen molar-refractivity contribution in [3.63, 3.8) is 0 Å². The average molecular weight is 307 g/mol. The van der Waals surface area contributed by atoms with Crippen LogP contribution in [0.3, 0.4) is 0 Å². The number of nitrogens with zero attached hydrogens (tertiary/aromatic N) is 2. The number of nitrogens with one attached hydrogen (secondary N) is 1. The number of likely N-dealkylation sites (tertiary alicyclic amines) is 1. The van der Waals surface area contributed by atoms with Crippen molar-refractivity contribution in [3.8, 4) is 0 Å². The molecule has 118 valence electrons. The van der Waals surface area contributed by atoms with Crippen LogP contribution in [0.15, 0.2) is 60.9 Å². The Balaban J connectivity index is 1.48. The molecule has 1 aromatic heterocycles. The van der Waals surface area contributed by atoms with Crippen LogP contribution < -0.4 is 5.32 Å². The highest BCUT2D eigenvalue weighted by Gasteiger charge is 2.21.